The predicted molar refractivity (Wildman–Crippen MR) is 91.0 cm³/mol. The van der Waals surface area contributed by atoms with E-state index in [0.717, 1.165) is 35.9 Å². The van der Waals surface area contributed by atoms with Gasteiger partial charge in [-0.1, -0.05) is 0 Å². The number of hydrogen-bond donors (Lipinski definition) is 0. The Morgan fingerprint density at radius 3 is 2.50 bits per heavy atom. The van der Waals surface area contributed by atoms with E-state index in [1.807, 2.05) is 36.4 Å². The summed E-state index contributed by atoms with van der Waals surface area (Å²) in [4.78, 5) is 7.01. The van der Waals surface area contributed by atoms with Crippen molar-refractivity contribution < 1.29 is 9.15 Å². The fourth-order valence-corrected chi connectivity index (χ4v) is 2.91. The Morgan fingerprint density at radius 1 is 1.04 bits per heavy atom. The highest BCUT2D eigenvalue weighted by Gasteiger charge is 2.21. The molecule has 0 N–H and O–H groups in total. The maximum atomic E-state index is 5.41. The monoisotopic (exact) mass is 322 g/mol. The van der Waals surface area contributed by atoms with Crippen molar-refractivity contribution in [2.45, 2.75) is 12.8 Å². The first-order valence-corrected chi connectivity index (χ1v) is 8.03. The fraction of sp³-hybridized carbons (Fsp3) is 0.278. The van der Waals surface area contributed by atoms with E-state index < -0.39 is 0 Å². The Morgan fingerprint density at radius 2 is 1.83 bits per heavy atom. The minimum absolute atomic E-state index is 0.513. The van der Waals surface area contributed by atoms with Gasteiger partial charge < -0.3 is 14.1 Å². The van der Waals surface area contributed by atoms with Crippen molar-refractivity contribution in [3.8, 4) is 28.6 Å². The van der Waals surface area contributed by atoms with Gasteiger partial charge in [0.25, 0.3) is 0 Å². The van der Waals surface area contributed by atoms with E-state index in [1.54, 1.807) is 13.4 Å². The third kappa shape index (κ3) is 2.71. The summed E-state index contributed by atoms with van der Waals surface area (Å²) < 4.78 is 10.6. The Hall–Kier alpha value is -2.89. The van der Waals surface area contributed by atoms with Crippen LogP contribution in [0.5, 0.6) is 5.75 Å². The normalized spacial score (nSPS) is 14.1. The zero-order valence-electron chi connectivity index (χ0n) is 13.5. The molecule has 4 rings (SSSR count). The number of aromatic nitrogens is 3. The molecule has 2 aromatic heterocycles. The van der Waals surface area contributed by atoms with Crippen LogP contribution < -0.4 is 9.64 Å². The number of anilines is 1. The zero-order valence-corrected chi connectivity index (χ0v) is 13.5. The zero-order chi connectivity index (χ0) is 16.4. The third-order valence-corrected chi connectivity index (χ3v) is 4.18. The van der Waals surface area contributed by atoms with Crippen LogP contribution in [0.15, 0.2) is 47.1 Å². The molecule has 1 aliphatic rings. The Kier molecular flexibility index (Phi) is 3.86. The number of nitrogens with zero attached hydrogens (tertiary/aromatic N) is 4. The lowest BCUT2D eigenvalue weighted by molar-refractivity contribution is 0.415. The van der Waals surface area contributed by atoms with Crippen LogP contribution >= 0.6 is 0 Å². The van der Waals surface area contributed by atoms with E-state index in [4.69, 9.17) is 14.1 Å². The van der Waals surface area contributed by atoms with Gasteiger partial charge in [-0.05, 0) is 49.2 Å². The molecular formula is C18H18N4O2. The number of benzene rings is 1. The molecule has 1 aliphatic heterocycles. The molecule has 0 amide bonds. The van der Waals surface area contributed by atoms with Crippen molar-refractivity contribution >= 4 is 5.82 Å². The largest absolute Gasteiger partial charge is 0.497 e. The number of ether oxygens (including phenoxy) is 1. The topological polar surface area (TPSA) is 64.3 Å². The van der Waals surface area contributed by atoms with Gasteiger partial charge in [0.1, 0.15) is 11.4 Å². The number of furan rings is 1. The van der Waals surface area contributed by atoms with Crippen LogP contribution in [-0.4, -0.2) is 35.4 Å². The van der Waals surface area contributed by atoms with E-state index >= 15 is 0 Å². The predicted octanol–water partition coefficient (Wildman–Crippen LogP) is 3.41. The summed E-state index contributed by atoms with van der Waals surface area (Å²) in [7, 11) is 1.66. The molecular weight excluding hydrogens is 304 g/mol. The van der Waals surface area contributed by atoms with Crippen LogP contribution in [0.1, 0.15) is 12.8 Å². The molecule has 6 nitrogen and oxygen atoms in total. The molecule has 0 radical (unpaired) electrons. The minimum Gasteiger partial charge on any atom is -0.497 e. The molecule has 0 saturated carbocycles. The summed E-state index contributed by atoms with van der Waals surface area (Å²) in [5.41, 5.74) is 1.76. The first-order valence-electron chi connectivity index (χ1n) is 8.03. The lowest BCUT2D eigenvalue weighted by Gasteiger charge is -2.19. The average Bonchev–Trinajstić information content (AvgIpc) is 3.35. The van der Waals surface area contributed by atoms with E-state index in [2.05, 4.69) is 15.1 Å². The second kappa shape index (κ2) is 6.31. The van der Waals surface area contributed by atoms with Gasteiger partial charge in [0.05, 0.1) is 13.4 Å². The molecule has 0 unspecified atom stereocenters. The molecule has 3 aromatic rings. The van der Waals surface area contributed by atoms with Crippen LogP contribution in [-0.2, 0) is 0 Å². The van der Waals surface area contributed by atoms with Crippen molar-refractivity contribution in [3.63, 3.8) is 0 Å². The van der Waals surface area contributed by atoms with E-state index in [-0.39, 0.29) is 0 Å². The smallest absolute Gasteiger partial charge is 0.219 e. The summed E-state index contributed by atoms with van der Waals surface area (Å²) in [6.07, 6.45) is 3.95. The fourth-order valence-electron chi connectivity index (χ4n) is 2.91. The number of methoxy groups -OCH3 is 1. The molecule has 1 saturated heterocycles. The van der Waals surface area contributed by atoms with Crippen molar-refractivity contribution in [1.82, 2.24) is 15.2 Å². The SMILES string of the molecule is COc1ccc(-c2nnc(-c3ccco3)nc2N2CCCC2)cc1. The molecule has 6 heteroatoms. The maximum absolute atomic E-state index is 5.41. The van der Waals surface area contributed by atoms with Gasteiger partial charge in [0.2, 0.25) is 5.82 Å². The Bertz CT molecular complexity index is 810. The molecule has 24 heavy (non-hydrogen) atoms. The molecule has 1 aromatic carbocycles. The summed E-state index contributed by atoms with van der Waals surface area (Å²) in [5, 5.41) is 8.71. The summed E-state index contributed by atoms with van der Waals surface area (Å²) >= 11 is 0. The van der Waals surface area contributed by atoms with Crippen molar-refractivity contribution in [1.29, 1.82) is 0 Å². The van der Waals surface area contributed by atoms with Crippen molar-refractivity contribution in [2.24, 2.45) is 0 Å². The molecule has 122 valence electrons. The highest BCUT2D eigenvalue weighted by atomic mass is 16.5. The van der Waals surface area contributed by atoms with Gasteiger partial charge in [0.15, 0.2) is 11.6 Å². The van der Waals surface area contributed by atoms with Gasteiger partial charge in [-0.15, -0.1) is 10.2 Å². The highest BCUT2D eigenvalue weighted by molar-refractivity contribution is 5.73. The quantitative estimate of drug-likeness (QED) is 0.733. The van der Waals surface area contributed by atoms with Gasteiger partial charge in [-0.25, -0.2) is 4.98 Å². The standard InChI is InChI=1S/C18H18N4O2/c1-23-14-8-6-13(7-9-14)16-18(22-10-2-3-11-22)19-17(21-20-16)15-5-4-12-24-15/h4-9,12H,2-3,10-11H2,1H3. The molecule has 0 bridgehead atoms. The van der Waals surface area contributed by atoms with Gasteiger partial charge >= 0.3 is 0 Å². The molecule has 0 atom stereocenters. The first kappa shape index (κ1) is 14.7. The van der Waals surface area contributed by atoms with Gasteiger partial charge in [-0.3, -0.25) is 0 Å². The van der Waals surface area contributed by atoms with Crippen LogP contribution in [0, 0.1) is 0 Å². The highest BCUT2D eigenvalue weighted by Crippen LogP contribution is 2.31. The second-order valence-corrected chi connectivity index (χ2v) is 5.71. The Labute approximate surface area is 140 Å². The number of rotatable bonds is 4. The van der Waals surface area contributed by atoms with Crippen LogP contribution in [0.3, 0.4) is 0 Å². The summed E-state index contributed by atoms with van der Waals surface area (Å²) in [6, 6.07) is 11.5. The summed E-state index contributed by atoms with van der Waals surface area (Å²) in [5.74, 6) is 2.82. The second-order valence-electron chi connectivity index (χ2n) is 5.71. The lowest BCUT2D eigenvalue weighted by Crippen LogP contribution is -2.21. The van der Waals surface area contributed by atoms with Gasteiger partial charge in [0, 0.05) is 18.7 Å². The van der Waals surface area contributed by atoms with Crippen molar-refractivity contribution in [2.75, 3.05) is 25.1 Å². The molecule has 0 spiro atoms. The van der Waals surface area contributed by atoms with E-state index in [0.29, 0.717) is 11.6 Å². The average molecular weight is 322 g/mol. The summed E-state index contributed by atoms with van der Waals surface area (Å²) in [6.45, 7) is 1.97. The maximum Gasteiger partial charge on any atom is 0.219 e. The third-order valence-electron chi connectivity index (χ3n) is 4.18. The number of hydrogen-bond acceptors (Lipinski definition) is 6. The lowest BCUT2D eigenvalue weighted by atomic mass is 10.1. The van der Waals surface area contributed by atoms with Crippen LogP contribution in [0.2, 0.25) is 0 Å². The molecule has 3 heterocycles. The van der Waals surface area contributed by atoms with E-state index in [1.165, 1.54) is 12.8 Å². The molecule has 0 aliphatic carbocycles. The minimum atomic E-state index is 0.513. The van der Waals surface area contributed by atoms with Crippen LogP contribution in [0.4, 0.5) is 5.82 Å². The van der Waals surface area contributed by atoms with E-state index in [9.17, 15) is 0 Å². The van der Waals surface area contributed by atoms with Gasteiger partial charge in [-0.2, -0.15) is 0 Å². The van der Waals surface area contributed by atoms with Crippen LogP contribution in [0.25, 0.3) is 22.8 Å². The van der Waals surface area contributed by atoms with Crippen molar-refractivity contribution in [3.05, 3.63) is 42.7 Å². The molecule has 1 fully saturated rings. The first-order chi connectivity index (χ1) is 11.8. The Balaban J connectivity index is 1.79.